The highest BCUT2D eigenvalue weighted by atomic mass is 35.5. The molecule has 0 amide bonds. The van der Waals surface area contributed by atoms with Crippen LogP contribution in [-0.4, -0.2) is 31.9 Å². The zero-order valence-electron chi connectivity index (χ0n) is 15.9. The first kappa shape index (κ1) is 18.1. The number of H-pyrrole nitrogens is 1. The number of imidazole rings is 1. The highest BCUT2D eigenvalue weighted by Gasteiger charge is 2.37. The lowest BCUT2D eigenvalue weighted by atomic mass is 10.2. The van der Waals surface area contributed by atoms with Crippen LogP contribution in [0.3, 0.4) is 0 Å². The normalized spacial score (nSPS) is 23.0. The van der Waals surface area contributed by atoms with E-state index < -0.39 is 0 Å². The van der Waals surface area contributed by atoms with E-state index in [-0.39, 0.29) is 6.04 Å². The highest BCUT2D eigenvalue weighted by molar-refractivity contribution is 8.09. The zero-order chi connectivity index (χ0) is 19.3. The molecular weight excluding hydrogens is 388 g/mol. The molecule has 1 saturated heterocycles. The summed E-state index contributed by atoms with van der Waals surface area (Å²) in [6.07, 6.45) is 5.86. The summed E-state index contributed by atoms with van der Waals surface area (Å²) in [6, 6.07) is 14.8. The van der Waals surface area contributed by atoms with Crippen molar-refractivity contribution >= 4 is 39.3 Å². The Hall–Kier alpha value is -1.95. The molecule has 143 valence electrons. The van der Waals surface area contributed by atoms with E-state index in [0.29, 0.717) is 5.37 Å². The maximum Gasteiger partial charge on any atom is 0.126 e. The molecule has 2 aromatic carbocycles. The Morgan fingerprint density at radius 3 is 2.89 bits per heavy atom. The van der Waals surface area contributed by atoms with Gasteiger partial charge in [-0.25, -0.2) is 9.99 Å². The fraction of sp³-hybridized carbons (Fsp3) is 0.318. The quantitative estimate of drug-likeness (QED) is 0.595. The zero-order valence-corrected chi connectivity index (χ0v) is 17.5. The van der Waals surface area contributed by atoms with Crippen LogP contribution in [0.1, 0.15) is 42.8 Å². The van der Waals surface area contributed by atoms with Gasteiger partial charge in [0.1, 0.15) is 5.82 Å². The average molecular weight is 410 g/mol. The Bertz CT molecular complexity index is 1010. The number of fused-ring (bicyclic) bond motifs is 1. The third-order valence-electron chi connectivity index (χ3n) is 5.48. The fourth-order valence-corrected chi connectivity index (χ4v) is 5.23. The molecule has 1 radical (unpaired) electrons. The molecule has 1 unspecified atom stereocenters. The second kappa shape index (κ2) is 7.14. The number of nitrogens with zero attached hydrogens (tertiary/aromatic N) is 3. The summed E-state index contributed by atoms with van der Waals surface area (Å²) in [5, 5.41) is 5.77. The molecule has 1 fully saturated rings. The summed E-state index contributed by atoms with van der Waals surface area (Å²) in [7, 11) is 0. The highest BCUT2D eigenvalue weighted by Crippen LogP contribution is 2.43. The molecule has 1 aromatic heterocycles. The lowest BCUT2D eigenvalue weighted by Crippen LogP contribution is -2.41. The van der Waals surface area contributed by atoms with Crippen molar-refractivity contribution in [1.82, 2.24) is 20.0 Å². The van der Waals surface area contributed by atoms with E-state index in [9.17, 15) is 0 Å². The van der Waals surface area contributed by atoms with E-state index in [2.05, 4.69) is 64.5 Å². The second-order valence-electron chi connectivity index (χ2n) is 7.43. The summed E-state index contributed by atoms with van der Waals surface area (Å²) >= 11 is 8.16. The van der Waals surface area contributed by atoms with Crippen molar-refractivity contribution in [3.05, 3.63) is 70.6 Å². The van der Waals surface area contributed by atoms with Crippen LogP contribution < -0.4 is 0 Å². The predicted octanol–water partition coefficient (Wildman–Crippen LogP) is 5.77. The maximum atomic E-state index is 6.29. The van der Waals surface area contributed by atoms with Crippen LogP contribution in [0, 0.1) is 13.1 Å². The third-order valence-corrected chi connectivity index (χ3v) is 6.99. The average Bonchev–Trinajstić information content (AvgIpc) is 3.40. The largest absolute Gasteiger partial charge is 0.341 e. The maximum absolute atomic E-state index is 6.29. The molecule has 1 N–H and O–H groups in total. The monoisotopic (exact) mass is 409 g/mol. The SMILES string of the molecule is Cc1cc2[nH]c([C@@H]3CCCN3N3[C]=C(c4ccccc4)SC3C)nc2cc1Cl. The molecule has 28 heavy (non-hydrogen) atoms. The van der Waals surface area contributed by atoms with Crippen LogP contribution >= 0.6 is 23.4 Å². The Morgan fingerprint density at radius 2 is 2.07 bits per heavy atom. The summed E-state index contributed by atoms with van der Waals surface area (Å²) in [4.78, 5) is 9.61. The van der Waals surface area contributed by atoms with Crippen LogP contribution in [0.5, 0.6) is 0 Å². The molecule has 2 aliphatic rings. The predicted molar refractivity (Wildman–Crippen MR) is 117 cm³/mol. The minimum atomic E-state index is 0.233. The van der Waals surface area contributed by atoms with Gasteiger partial charge >= 0.3 is 0 Å². The molecule has 0 spiro atoms. The number of rotatable bonds is 3. The lowest BCUT2D eigenvalue weighted by molar-refractivity contribution is -0.00548. The van der Waals surface area contributed by atoms with Crippen LogP contribution in [0.2, 0.25) is 5.02 Å². The van der Waals surface area contributed by atoms with Gasteiger partial charge in [-0.1, -0.05) is 53.7 Å². The topological polar surface area (TPSA) is 35.2 Å². The van der Waals surface area contributed by atoms with Gasteiger partial charge in [-0.15, -0.1) is 0 Å². The van der Waals surface area contributed by atoms with Gasteiger partial charge in [0.05, 0.1) is 28.6 Å². The van der Waals surface area contributed by atoms with E-state index in [4.69, 9.17) is 16.6 Å². The molecule has 4 nitrogen and oxygen atoms in total. The van der Waals surface area contributed by atoms with Crippen molar-refractivity contribution in [2.45, 2.75) is 38.1 Å². The molecule has 6 heteroatoms. The minimum absolute atomic E-state index is 0.233. The summed E-state index contributed by atoms with van der Waals surface area (Å²) in [5.74, 6) is 1.02. The number of thioether (sulfide) groups is 1. The molecule has 2 aliphatic heterocycles. The second-order valence-corrected chi connectivity index (χ2v) is 9.16. The number of aromatic nitrogens is 2. The third kappa shape index (κ3) is 3.11. The van der Waals surface area contributed by atoms with Crippen molar-refractivity contribution in [2.75, 3.05) is 6.54 Å². The van der Waals surface area contributed by atoms with Crippen LogP contribution in [0.4, 0.5) is 0 Å². The number of halogens is 1. The summed E-state index contributed by atoms with van der Waals surface area (Å²) < 4.78 is 0. The van der Waals surface area contributed by atoms with E-state index in [0.717, 1.165) is 46.8 Å². The van der Waals surface area contributed by atoms with Crippen molar-refractivity contribution in [3.63, 3.8) is 0 Å². The summed E-state index contributed by atoms with van der Waals surface area (Å²) in [6.45, 7) is 5.28. The first-order chi connectivity index (χ1) is 13.6. The molecular formula is C22H22ClN4S. The van der Waals surface area contributed by atoms with Gasteiger partial charge in [0, 0.05) is 16.5 Å². The first-order valence-corrected chi connectivity index (χ1v) is 10.9. The number of hydrogen-bond acceptors (Lipinski definition) is 4. The number of nitrogens with one attached hydrogen (secondary N) is 1. The molecule has 3 heterocycles. The van der Waals surface area contributed by atoms with Gasteiger partial charge in [-0.2, -0.15) is 0 Å². The van der Waals surface area contributed by atoms with Crippen molar-refractivity contribution in [2.24, 2.45) is 0 Å². The lowest BCUT2D eigenvalue weighted by Gasteiger charge is -2.34. The van der Waals surface area contributed by atoms with E-state index in [1.807, 2.05) is 24.8 Å². The van der Waals surface area contributed by atoms with Crippen molar-refractivity contribution in [3.8, 4) is 0 Å². The smallest absolute Gasteiger partial charge is 0.126 e. The van der Waals surface area contributed by atoms with Gasteiger partial charge < -0.3 is 4.98 Å². The van der Waals surface area contributed by atoms with Gasteiger partial charge in [0.25, 0.3) is 0 Å². The molecule has 0 saturated carbocycles. The van der Waals surface area contributed by atoms with Crippen molar-refractivity contribution < 1.29 is 0 Å². The van der Waals surface area contributed by atoms with Crippen LogP contribution in [0.25, 0.3) is 15.9 Å². The molecule has 5 rings (SSSR count). The minimum Gasteiger partial charge on any atom is -0.341 e. The molecule has 2 atom stereocenters. The fourth-order valence-electron chi connectivity index (χ4n) is 4.04. The van der Waals surface area contributed by atoms with Crippen molar-refractivity contribution in [1.29, 1.82) is 0 Å². The number of benzene rings is 2. The molecule has 0 bridgehead atoms. The van der Waals surface area contributed by atoms with Crippen LogP contribution in [-0.2, 0) is 0 Å². The van der Waals surface area contributed by atoms with Gasteiger partial charge in [-0.3, -0.25) is 5.01 Å². The van der Waals surface area contributed by atoms with Gasteiger partial charge in [0.15, 0.2) is 0 Å². The number of aromatic amines is 1. The number of hydrogen-bond donors (Lipinski definition) is 1. The van der Waals surface area contributed by atoms with E-state index in [1.54, 1.807) is 0 Å². The van der Waals surface area contributed by atoms with Gasteiger partial charge in [0.2, 0.25) is 0 Å². The van der Waals surface area contributed by atoms with E-state index >= 15 is 0 Å². The Morgan fingerprint density at radius 1 is 1.25 bits per heavy atom. The van der Waals surface area contributed by atoms with E-state index in [1.165, 1.54) is 10.5 Å². The molecule has 0 aliphatic carbocycles. The van der Waals surface area contributed by atoms with Crippen LogP contribution in [0.15, 0.2) is 42.5 Å². The first-order valence-electron chi connectivity index (χ1n) is 9.67. The Kier molecular flexibility index (Phi) is 4.62. The number of hydrazine groups is 1. The number of aryl methyl sites for hydroxylation is 1. The summed E-state index contributed by atoms with van der Waals surface area (Å²) in [5.41, 5.74) is 4.29. The Balaban J connectivity index is 1.46. The Labute approximate surface area is 174 Å². The van der Waals surface area contributed by atoms with Gasteiger partial charge in [-0.05, 0) is 49.9 Å². The standard InChI is InChI=1S/C22H22ClN4S/c1-14-11-18-19(12-17(14)23)25-22(24-18)20-9-6-10-26(20)27-13-21(28-15(27)2)16-7-4-3-5-8-16/h3-5,7-8,11-12,15,20H,6,9-10H2,1-2H3,(H,24,25)/t15?,20-/m0/s1. The molecule has 3 aromatic rings.